The van der Waals surface area contributed by atoms with Gasteiger partial charge in [-0.3, -0.25) is 4.79 Å². The van der Waals surface area contributed by atoms with Crippen LogP contribution in [0.1, 0.15) is 22.8 Å². The molecule has 0 bridgehead atoms. The van der Waals surface area contributed by atoms with Crippen molar-refractivity contribution in [3.63, 3.8) is 0 Å². The molecule has 0 atom stereocenters. The molecule has 4 nitrogen and oxygen atoms in total. The van der Waals surface area contributed by atoms with Gasteiger partial charge in [0, 0.05) is 17.1 Å². The summed E-state index contributed by atoms with van der Waals surface area (Å²) in [6.45, 7) is 2.11. The largest absolute Gasteiger partial charge is 0.460 e. The lowest BCUT2D eigenvalue weighted by Gasteiger charge is -2.08. The van der Waals surface area contributed by atoms with E-state index in [1.807, 2.05) is 0 Å². The van der Waals surface area contributed by atoms with E-state index < -0.39 is 11.8 Å². The van der Waals surface area contributed by atoms with Crippen LogP contribution in [0.15, 0.2) is 22.7 Å². The Balaban J connectivity index is 3.05. The van der Waals surface area contributed by atoms with E-state index in [1.54, 1.807) is 25.1 Å². The van der Waals surface area contributed by atoms with Gasteiger partial charge in [-0.2, -0.15) is 0 Å². The molecule has 0 radical (unpaired) electrons. The summed E-state index contributed by atoms with van der Waals surface area (Å²) in [5.41, 5.74) is 0.966. The molecule has 0 aromatic heterocycles. The van der Waals surface area contributed by atoms with E-state index in [-0.39, 0.29) is 13.2 Å². The number of benzene rings is 1. The third-order valence-electron chi connectivity index (χ3n) is 2.08. The topological polar surface area (TPSA) is 52.6 Å². The highest BCUT2D eigenvalue weighted by Crippen LogP contribution is 2.18. The summed E-state index contributed by atoms with van der Waals surface area (Å²) in [5.74, 6) is -1.50. The second-order valence-corrected chi connectivity index (χ2v) is 4.20. The van der Waals surface area contributed by atoms with Crippen molar-refractivity contribution in [1.82, 2.24) is 0 Å². The SMILES string of the molecule is CCOC(=O)C(=O)c1cc(Br)ccc1COC. The number of ketones is 1. The van der Waals surface area contributed by atoms with Crippen molar-refractivity contribution < 1.29 is 19.1 Å². The number of halogens is 1. The Morgan fingerprint density at radius 3 is 2.65 bits per heavy atom. The molecule has 1 aromatic carbocycles. The number of hydrogen-bond acceptors (Lipinski definition) is 4. The Labute approximate surface area is 108 Å². The maximum atomic E-state index is 11.8. The third-order valence-corrected chi connectivity index (χ3v) is 2.57. The molecule has 0 fully saturated rings. The molecule has 92 valence electrons. The number of rotatable bonds is 5. The zero-order chi connectivity index (χ0) is 12.8. The van der Waals surface area contributed by atoms with Gasteiger partial charge < -0.3 is 9.47 Å². The maximum absolute atomic E-state index is 11.8. The second kappa shape index (κ2) is 6.51. The van der Waals surface area contributed by atoms with Gasteiger partial charge in [0.2, 0.25) is 0 Å². The molecule has 0 unspecified atom stereocenters. The third kappa shape index (κ3) is 3.64. The molecule has 17 heavy (non-hydrogen) atoms. The molecule has 5 heteroatoms. The summed E-state index contributed by atoms with van der Waals surface area (Å²) < 4.78 is 10.4. The number of ether oxygens (including phenoxy) is 2. The summed E-state index contributed by atoms with van der Waals surface area (Å²) in [6, 6.07) is 5.12. The van der Waals surface area contributed by atoms with Gasteiger partial charge in [0.15, 0.2) is 0 Å². The van der Waals surface area contributed by atoms with Crippen LogP contribution in [0.4, 0.5) is 0 Å². The van der Waals surface area contributed by atoms with Gasteiger partial charge >= 0.3 is 5.97 Å². The molecule has 0 saturated carbocycles. The van der Waals surface area contributed by atoms with Gasteiger partial charge in [0.25, 0.3) is 5.78 Å². The fourth-order valence-electron chi connectivity index (χ4n) is 1.35. The van der Waals surface area contributed by atoms with Crippen LogP contribution in [0.3, 0.4) is 0 Å². The molecule has 0 aliphatic rings. The summed E-state index contributed by atoms with van der Waals surface area (Å²) in [7, 11) is 1.53. The van der Waals surface area contributed by atoms with Crippen molar-refractivity contribution in [2.45, 2.75) is 13.5 Å². The van der Waals surface area contributed by atoms with Crippen LogP contribution < -0.4 is 0 Å². The first kappa shape index (κ1) is 13.9. The van der Waals surface area contributed by atoms with E-state index in [0.717, 1.165) is 4.47 Å². The molecule has 0 N–H and O–H groups in total. The van der Waals surface area contributed by atoms with Crippen molar-refractivity contribution in [3.8, 4) is 0 Å². The minimum absolute atomic E-state index is 0.179. The molecule has 0 aliphatic heterocycles. The zero-order valence-electron chi connectivity index (χ0n) is 9.66. The summed E-state index contributed by atoms with van der Waals surface area (Å²) in [4.78, 5) is 23.2. The maximum Gasteiger partial charge on any atom is 0.379 e. The Morgan fingerprint density at radius 1 is 1.35 bits per heavy atom. The van der Waals surface area contributed by atoms with Crippen molar-refractivity contribution in [2.75, 3.05) is 13.7 Å². The normalized spacial score (nSPS) is 10.1. The Hall–Kier alpha value is -1.20. The van der Waals surface area contributed by atoms with Gasteiger partial charge in [-0.05, 0) is 24.6 Å². The first-order valence-electron chi connectivity index (χ1n) is 5.09. The number of Topliss-reactive ketones (excluding diaryl/α,β-unsaturated/α-hetero) is 1. The van der Waals surface area contributed by atoms with Gasteiger partial charge in [0.05, 0.1) is 13.2 Å². The summed E-state index contributed by atoms with van der Waals surface area (Å²) in [5, 5.41) is 0. The second-order valence-electron chi connectivity index (χ2n) is 3.28. The zero-order valence-corrected chi connectivity index (χ0v) is 11.2. The van der Waals surface area contributed by atoms with E-state index in [2.05, 4.69) is 20.7 Å². The Morgan fingerprint density at radius 2 is 2.06 bits per heavy atom. The fraction of sp³-hybridized carbons (Fsp3) is 0.333. The van der Waals surface area contributed by atoms with Crippen LogP contribution in [0.2, 0.25) is 0 Å². The number of hydrogen-bond donors (Lipinski definition) is 0. The molecule has 0 aliphatic carbocycles. The number of carbonyl (C=O) groups is 2. The predicted molar refractivity (Wildman–Crippen MR) is 65.8 cm³/mol. The lowest BCUT2D eigenvalue weighted by Crippen LogP contribution is -2.19. The molecule has 0 heterocycles. The fourth-order valence-corrected chi connectivity index (χ4v) is 1.71. The van der Waals surface area contributed by atoms with Gasteiger partial charge in [0.1, 0.15) is 0 Å². The van der Waals surface area contributed by atoms with E-state index in [9.17, 15) is 9.59 Å². The number of methoxy groups -OCH3 is 1. The Kier molecular flexibility index (Phi) is 5.31. The molecule has 1 aromatic rings. The van der Waals surface area contributed by atoms with Crippen LogP contribution in [0.5, 0.6) is 0 Å². The smallest absolute Gasteiger partial charge is 0.379 e. The van der Waals surface area contributed by atoms with Crippen molar-refractivity contribution in [3.05, 3.63) is 33.8 Å². The summed E-state index contributed by atoms with van der Waals surface area (Å²) >= 11 is 3.26. The van der Waals surface area contributed by atoms with Crippen molar-refractivity contribution in [1.29, 1.82) is 0 Å². The quantitative estimate of drug-likeness (QED) is 0.476. The monoisotopic (exact) mass is 300 g/mol. The van der Waals surface area contributed by atoms with Gasteiger partial charge in [-0.1, -0.05) is 22.0 Å². The van der Waals surface area contributed by atoms with Crippen LogP contribution >= 0.6 is 15.9 Å². The first-order valence-corrected chi connectivity index (χ1v) is 5.88. The number of carbonyl (C=O) groups excluding carboxylic acids is 2. The van der Waals surface area contributed by atoms with Crippen molar-refractivity contribution in [2.24, 2.45) is 0 Å². The van der Waals surface area contributed by atoms with Crippen LogP contribution in [-0.4, -0.2) is 25.5 Å². The molecule has 0 saturated heterocycles. The predicted octanol–water partition coefficient (Wildman–Crippen LogP) is 2.34. The van der Waals surface area contributed by atoms with Crippen LogP contribution in [-0.2, 0) is 20.9 Å². The summed E-state index contributed by atoms with van der Waals surface area (Å²) in [6.07, 6.45) is 0. The first-order chi connectivity index (χ1) is 8.10. The molecular weight excluding hydrogens is 288 g/mol. The minimum Gasteiger partial charge on any atom is -0.460 e. The van der Waals surface area contributed by atoms with E-state index in [4.69, 9.17) is 4.74 Å². The van der Waals surface area contributed by atoms with Crippen molar-refractivity contribution >= 4 is 27.7 Å². The molecule has 0 amide bonds. The number of esters is 1. The highest BCUT2D eigenvalue weighted by atomic mass is 79.9. The standard InChI is InChI=1S/C12H13BrO4/c1-3-17-12(15)11(14)10-6-9(13)5-4-8(10)7-16-2/h4-6H,3,7H2,1-2H3. The van der Waals surface area contributed by atoms with E-state index >= 15 is 0 Å². The lowest BCUT2D eigenvalue weighted by atomic mass is 10.0. The van der Waals surface area contributed by atoms with Crippen LogP contribution in [0, 0.1) is 0 Å². The Bertz CT molecular complexity index is 429. The minimum atomic E-state index is -0.844. The van der Waals surface area contributed by atoms with Crippen LogP contribution in [0.25, 0.3) is 0 Å². The van der Waals surface area contributed by atoms with Gasteiger partial charge in [-0.15, -0.1) is 0 Å². The van der Waals surface area contributed by atoms with E-state index in [1.165, 1.54) is 7.11 Å². The van der Waals surface area contributed by atoms with Gasteiger partial charge in [-0.25, -0.2) is 4.79 Å². The average Bonchev–Trinajstić information content (AvgIpc) is 2.31. The average molecular weight is 301 g/mol. The molecule has 0 spiro atoms. The lowest BCUT2D eigenvalue weighted by molar-refractivity contribution is -0.137. The molecule has 1 rings (SSSR count). The highest BCUT2D eigenvalue weighted by Gasteiger charge is 2.20. The van der Waals surface area contributed by atoms with E-state index in [0.29, 0.717) is 11.1 Å². The molecular formula is C12H13BrO4. The highest BCUT2D eigenvalue weighted by molar-refractivity contribution is 9.10.